The zero-order valence-electron chi connectivity index (χ0n) is 11.0. The second-order valence-electron chi connectivity index (χ2n) is 4.16. The monoisotopic (exact) mass is 285 g/mol. The maximum atomic E-state index is 13.1. The highest BCUT2D eigenvalue weighted by Crippen LogP contribution is 2.18. The van der Waals surface area contributed by atoms with Crippen molar-refractivity contribution in [3.05, 3.63) is 53.8 Å². The van der Waals surface area contributed by atoms with Crippen LogP contribution in [0.2, 0.25) is 0 Å². The summed E-state index contributed by atoms with van der Waals surface area (Å²) in [6, 6.07) is 11.9. The predicted molar refractivity (Wildman–Crippen MR) is 76.3 cm³/mol. The second-order valence-corrected chi connectivity index (χ2v) is 4.16. The van der Waals surface area contributed by atoms with Gasteiger partial charge in [0.1, 0.15) is 17.6 Å². The molecule has 3 N–H and O–H groups in total. The number of anilines is 2. The number of nitriles is 1. The lowest BCUT2D eigenvalue weighted by atomic mass is 10.1. The van der Waals surface area contributed by atoms with Crippen LogP contribution in [0.1, 0.15) is 10.4 Å². The molecule has 0 aliphatic rings. The van der Waals surface area contributed by atoms with E-state index in [0.29, 0.717) is 11.4 Å². The van der Waals surface area contributed by atoms with Crippen molar-refractivity contribution in [2.24, 2.45) is 0 Å². The number of hydrogen-bond acceptors (Lipinski definition) is 4. The number of hydrogen-bond donors (Lipinski definition) is 2. The van der Waals surface area contributed by atoms with E-state index >= 15 is 0 Å². The summed E-state index contributed by atoms with van der Waals surface area (Å²) in [6.07, 6.45) is 0. The summed E-state index contributed by atoms with van der Waals surface area (Å²) in [5, 5.41) is 11.0. The van der Waals surface area contributed by atoms with Gasteiger partial charge in [-0.2, -0.15) is 5.26 Å². The van der Waals surface area contributed by atoms with Gasteiger partial charge in [0, 0.05) is 11.4 Å². The van der Waals surface area contributed by atoms with Crippen LogP contribution in [0, 0.1) is 17.1 Å². The van der Waals surface area contributed by atoms with Crippen LogP contribution in [0.25, 0.3) is 0 Å². The van der Waals surface area contributed by atoms with Gasteiger partial charge in [-0.05, 0) is 42.5 Å². The minimum atomic E-state index is -0.533. The molecule has 0 spiro atoms. The lowest BCUT2D eigenvalue weighted by Crippen LogP contribution is -2.14. The summed E-state index contributed by atoms with van der Waals surface area (Å²) < 4.78 is 18.2. The number of ether oxygens (including phenoxy) is 1. The number of carbonyl (C=O) groups is 1. The number of nitrogens with zero attached hydrogens (tertiary/aromatic N) is 1. The number of nitrogens with one attached hydrogen (secondary N) is 1. The second kappa shape index (κ2) is 6.39. The number of amides is 1. The van der Waals surface area contributed by atoms with E-state index in [2.05, 4.69) is 5.32 Å². The number of carbonyl (C=O) groups excluding carboxylic acids is 1. The van der Waals surface area contributed by atoms with Gasteiger partial charge in [-0.1, -0.05) is 0 Å². The van der Waals surface area contributed by atoms with Gasteiger partial charge in [0.25, 0.3) is 5.91 Å². The van der Waals surface area contributed by atoms with Crippen LogP contribution in [0.15, 0.2) is 42.5 Å². The number of nitrogen functional groups attached to an aromatic ring is 1. The molecule has 2 aromatic rings. The van der Waals surface area contributed by atoms with Gasteiger partial charge in [-0.25, -0.2) is 4.39 Å². The van der Waals surface area contributed by atoms with E-state index < -0.39 is 11.7 Å². The molecule has 0 aliphatic heterocycles. The van der Waals surface area contributed by atoms with Crippen LogP contribution in [0.4, 0.5) is 15.8 Å². The molecule has 5 nitrogen and oxygen atoms in total. The molecule has 1 amide bonds. The first-order valence-corrected chi connectivity index (χ1v) is 6.06. The first-order chi connectivity index (χ1) is 10.1. The van der Waals surface area contributed by atoms with Crippen molar-refractivity contribution in [3.8, 4) is 11.8 Å². The average Bonchev–Trinajstić information content (AvgIpc) is 2.49. The van der Waals surface area contributed by atoms with Gasteiger partial charge in [-0.15, -0.1) is 0 Å². The SMILES string of the molecule is N#CCOc1ccc(NC(=O)c2cc(F)ccc2N)cc1. The summed E-state index contributed by atoms with van der Waals surface area (Å²) in [7, 11) is 0. The minimum absolute atomic E-state index is 0.0501. The van der Waals surface area contributed by atoms with Crippen molar-refractivity contribution in [2.75, 3.05) is 17.7 Å². The fourth-order valence-electron chi connectivity index (χ4n) is 1.67. The Balaban J connectivity index is 2.09. The molecule has 106 valence electrons. The predicted octanol–water partition coefficient (Wildman–Crippen LogP) is 2.56. The van der Waals surface area contributed by atoms with E-state index in [1.807, 2.05) is 6.07 Å². The molecule has 21 heavy (non-hydrogen) atoms. The maximum absolute atomic E-state index is 13.1. The standard InChI is InChI=1S/C15H12FN3O2/c16-10-1-6-14(18)13(9-10)15(20)19-11-2-4-12(5-3-11)21-8-7-17/h1-6,9H,8,18H2,(H,19,20). The third kappa shape index (κ3) is 3.70. The highest BCUT2D eigenvalue weighted by Gasteiger charge is 2.11. The highest BCUT2D eigenvalue weighted by molar-refractivity contribution is 6.07. The summed E-state index contributed by atoms with van der Waals surface area (Å²) >= 11 is 0. The number of halogens is 1. The van der Waals surface area contributed by atoms with Crippen LogP contribution in [0.5, 0.6) is 5.75 Å². The Morgan fingerprint density at radius 1 is 1.29 bits per heavy atom. The summed E-state index contributed by atoms with van der Waals surface area (Å²) in [6.45, 7) is -0.0501. The fourth-order valence-corrected chi connectivity index (χ4v) is 1.67. The van der Waals surface area contributed by atoms with Gasteiger partial charge in [-0.3, -0.25) is 4.79 Å². The van der Waals surface area contributed by atoms with E-state index in [1.54, 1.807) is 24.3 Å². The third-order valence-electron chi connectivity index (χ3n) is 2.68. The van der Waals surface area contributed by atoms with Crippen LogP contribution < -0.4 is 15.8 Å². The van der Waals surface area contributed by atoms with E-state index in [1.165, 1.54) is 12.1 Å². The molecule has 0 saturated heterocycles. The molecule has 0 heterocycles. The number of rotatable bonds is 4. The fraction of sp³-hybridized carbons (Fsp3) is 0.0667. The zero-order chi connectivity index (χ0) is 15.2. The molecule has 0 atom stereocenters. The minimum Gasteiger partial charge on any atom is -0.479 e. The molecule has 0 saturated carbocycles. The Kier molecular flexibility index (Phi) is 4.36. The van der Waals surface area contributed by atoms with Gasteiger partial charge in [0.05, 0.1) is 5.56 Å². The van der Waals surface area contributed by atoms with Crippen LogP contribution in [0.3, 0.4) is 0 Å². The van der Waals surface area contributed by atoms with Crippen molar-refractivity contribution in [3.63, 3.8) is 0 Å². The summed E-state index contributed by atoms with van der Waals surface area (Å²) in [4.78, 5) is 12.0. The quantitative estimate of drug-likeness (QED) is 0.845. The molecular formula is C15H12FN3O2. The Labute approximate surface area is 120 Å². The Hall–Kier alpha value is -3.07. The molecule has 0 aliphatic carbocycles. The van der Waals surface area contributed by atoms with E-state index in [0.717, 1.165) is 6.07 Å². The van der Waals surface area contributed by atoms with Crippen molar-refractivity contribution < 1.29 is 13.9 Å². The van der Waals surface area contributed by atoms with E-state index in [9.17, 15) is 9.18 Å². The largest absolute Gasteiger partial charge is 0.479 e. The normalized spacial score (nSPS) is 9.71. The smallest absolute Gasteiger partial charge is 0.257 e. The number of nitrogens with two attached hydrogens (primary N) is 1. The molecule has 2 aromatic carbocycles. The third-order valence-corrected chi connectivity index (χ3v) is 2.68. The zero-order valence-corrected chi connectivity index (χ0v) is 11.0. The van der Waals surface area contributed by atoms with Gasteiger partial charge >= 0.3 is 0 Å². The van der Waals surface area contributed by atoms with Crippen molar-refractivity contribution in [1.29, 1.82) is 5.26 Å². The molecule has 6 heteroatoms. The van der Waals surface area contributed by atoms with Crippen LogP contribution in [-0.2, 0) is 0 Å². The molecule has 0 bridgehead atoms. The Morgan fingerprint density at radius 2 is 2.00 bits per heavy atom. The van der Waals surface area contributed by atoms with Crippen molar-refractivity contribution >= 4 is 17.3 Å². The van der Waals surface area contributed by atoms with Gasteiger partial charge in [0.15, 0.2) is 6.61 Å². The topological polar surface area (TPSA) is 88.1 Å². The first-order valence-electron chi connectivity index (χ1n) is 6.06. The van der Waals surface area contributed by atoms with Crippen LogP contribution in [-0.4, -0.2) is 12.5 Å². The molecule has 0 radical (unpaired) electrons. The highest BCUT2D eigenvalue weighted by atomic mass is 19.1. The van der Waals surface area contributed by atoms with Gasteiger partial charge in [0.2, 0.25) is 0 Å². The Morgan fingerprint density at radius 3 is 2.67 bits per heavy atom. The lowest BCUT2D eigenvalue weighted by Gasteiger charge is -2.08. The molecular weight excluding hydrogens is 273 g/mol. The molecule has 0 aromatic heterocycles. The van der Waals surface area contributed by atoms with E-state index in [4.69, 9.17) is 15.7 Å². The van der Waals surface area contributed by atoms with Gasteiger partial charge < -0.3 is 15.8 Å². The first kappa shape index (κ1) is 14.3. The maximum Gasteiger partial charge on any atom is 0.257 e. The van der Waals surface area contributed by atoms with Crippen LogP contribution >= 0.6 is 0 Å². The molecule has 0 unspecified atom stereocenters. The molecule has 2 rings (SSSR count). The Bertz CT molecular complexity index is 693. The molecule has 0 fully saturated rings. The van der Waals surface area contributed by atoms with Crippen molar-refractivity contribution in [2.45, 2.75) is 0 Å². The van der Waals surface area contributed by atoms with E-state index in [-0.39, 0.29) is 17.9 Å². The van der Waals surface area contributed by atoms with Crippen molar-refractivity contribution in [1.82, 2.24) is 0 Å². The summed E-state index contributed by atoms with van der Waals surface area (Å²) in [5.74, 6) is -0.521. The lowest BCUT2D eigenvalue weighted by molar-refractivity contribution is 0.102. The summed E-state index contributed by atoms with van der Waals surface area (Å²) in [5.41, 5.74) is 6.42. The number of benzene rings is 2. The average molecular weight is 285 g/mol.